The number of benzene rings is 2. The number of aryl methyl sites for hydroxylation is 1. The lowest BCUT2D eigenvalue weighted by molar-refractivity contribution is -0.916. The highest BCUT2D eigenvalue weighted by atomic mass is 16.5. The number of nitrogens with one attached hydrogen (secondary N) is 1. The molecule has 0 saturated carbocycles. The number of likely N-dealkylation sites (N-methyl/N-ethyl adjacent to an activating group) is 2. The molecule has 7 nitrogen and oxygen atoms in total. The first kappa shape index (κ1) is 24.8. The number of rotatable bonds is 10. The summed E-state index contributed by atoms with van der Waals surface area (Å²) in [6.45, 7) is 13.8. The molecule has 1 saturated heterocycles. The molecule has 0 radical (unpaired) electrons. The van der Waals surface area contributed by atoms with Crippen molar-refractivity contribution in [1.29, 1.82) is 0 Å². The van der Waals surface area contributed by atoms with Crippen molar-refractivity contribution in [2.24, 2.45) is 7.05 Å². The molecule has 0 unspecified atom stereocenters. The third-order valence-electron chi connectivity index (χ3n) is 7.81. The predicted octanol–water partition coefficient (Wildman–Crippen LogP) is 4.17. The second-order valence-corrected chi connectivity index (χ2v) is 10.1. The Bertz CT molecular complexity index is 1340. The number of quaternary nitrogens is 1. The van der Waals surface area contributed by atoms with E-state index in [1.807, 2.05) is 12.1 Å². The molecule has 3 heterocycles. The van der Waals surface area contributed by atoms with Gasteiger partial charge in [0.1, 0.15) is 44.6 Å². The number of furan rings is 1. The van der Waals surface area contributed by atoms with E-state index in [2.05, 4.69) is 73.1 Å². The summed E-state index contributed by atoms with van der Waals surface area (Å²) in [7, 11) is 4.41. The smallest absolute Gasteiger partial charge is 0.261 e. The van der Waals surface area contributed by atoms with Crippen LogP contribution in [0.15, 0.2) is 46.9 Å². The summed E-state index contributed by atoms with van der Waals surface area (Å²) < 4.78 is 21.5. The number of nitrogens with zero attached hydrogens (tertiary/aromatic N) is 3. The van der Waals surface area contributed by atoms with E-state index in [1.54, 1.807) is 0 Å². The van der Waals surface area contributed by atoms with Gasteiger partial charge in [-0.3, -0.25) is 0 Å². The van der Waals surface area contributed by atoms with Crippen LogP contribution in [-0.2, 0) is 11.8 Å². The van der Waals surface area contributed by atoms with Gasteiger partial charge < -0.3 is 28.6 Å². The van der Waals surface area contributed by atoms with E-state index in [0.717, 1.165) is 97.0 Å². The van der Waals surface area contributed by atoms with Gasteiger partial charge in [0.15, 0.2) is 0 Å². The molecular formula is C29H40N4O3+2. The fourth-order valence-electron chi connectivity index (χ4n) is 5.32. The molecule has 5 rings (SSSR count). The minimum absolute atomic E-state index is 0.686. The number of hydrogen-bond acceptors (Lipinski definition) is 5. The first-order chi connectivity index (χ1) is 17.5. The van der Waals surface area contributed by atoms with Crippen LogP contribution in [0, 0.1) is 0 Å². The monoisotopic (exact) mass is 492 g/mol. The van der Waals surface area contributed by atoms with Gasteiger partial charge in [-0.25, -0.2) is 0 Å². The van der Waals surface area contributed by atoms with E-state index in [0.29, 0.717) is 6.61 Å². The number of pyridine rings is 1. The average molecular weight is 493 g/mol. The van der Waals surface area contributed by atoms with Crippen LogP contribution in [0.2, 0.25) is 0 Å². The molecule has 2 aromatic carbocycles. The zero-order valence-electron chi connectivity index (χ0n) is 22.2. The summed E-state index contributed by atoms with van der Waals surface area (Å²) in [4.78, 5) is 2.43. The Hall–Kier alpha value is -2.87. The summed E-state index contributed by atoms with van der Waals surface area (Å²) in [5.41, 5.74) is 5.10. The van der Waals surface area contributed by atoms with Crippen molar-refractivity contribution in [1.82, 2.24) is 4.90 Å². The molecule has 1 N–H and O–H groups in total. The molecule has 0 amide bonds. The van der Waals surface area contributed by atoms with Crippen LogP contribution in [0.25, 0.3) is 33.0 Å². The van der Waals surface area contributed by atoms with Crippen molar-refractivity contribution in [3.05, 3.63) is 42.5 Å². The highest BCUT2D eigenvalue weighted by molar-refractivity contribution is 6.11. The van der Waals surface area contributed by atoms with E-state index < -0.39 is 0 Å². The summed E-state index contributed by atoms with van der Waals surface area (Å²) in [6, 6.07) is 14.7. The molecule has 2 aromatic heterocycles. The first-order valence-corrected chi connectivity index (χ1v) is 13.3. The van der Waals surface area contributed by atoms with E-state index in [-0.39, 0.29) is 0 Å². The summed E-state index contributed by atoms with van der Waals surface area (Å²) in [5.74, 6) is 0.884. The molecule has 0 spiro atoms. The average Bonchev–Trinajstić information content (AvgIpc) is 3.28. The summed E-state index contributed by atoms with van der Waals surface area (Å²) >= 11 is 0. The van der Waals surface area contributed by atoms with Gasteiger partial charge >= 0.3 is 0 Å². The molecule has 7 heteroatoms. The van der Waals surface area contributed by atoms with Crippen molar-refractivity contribution in [3.8, 4) is 5.75 Å². The Kier molecular flexibility index (Phi) is 7.32. The Morgan fingerprint density at radius 2 is 1.83 bits per heavy atom. The number of hydrogen-bond donors (Lipinski definition) is 1. The maximum atomic E-state index is 6.48. The lowest BCUT2D eigenvalue weighted by Crippen LogP contribution is -2.53. The number of anilines is 1. The lowest BCUT2D eigenvalue weighted by atomic mass is 10.1. The number of ether oxygens (including phenoxy) is 2. The van der Waals surface area contributed by atoms with Crippen molar-refractivity contribution >= 4 is 38.7 Å². The van der Waals surface area contributed by atoms with Crippen LogP contribution in [0.5, 0.6) is 5.75 Å². The van der Waals surface area contributed by atoms with E-state index in [1.165, 1.54) is 10.9 Å². The van der Waals surface area contributed by atoms with Gasteiger partial charge in [-0.05, 0) is 37.4 Å². The van der Waals surface area contributed by atoms with Gasteiger partial charge in [-0.15, -0.1) is 0 Å². The molecule has 36 heavy (non-hydrogen) atoms. The number of aromatic nitrogens is 1. The molecule has 0 atom stereocenters. The maximum absolute atomic E-state index is 6.48. The minimum atomic E-state index is 0.686. The molecule has 1 aliphatic heterocycles. The van der Waals surface area contributed by atoms with Gasteiger partial charge in [0.05, 0.1) is 36.7 Å². The largest absolute Gasteiger partial charge is 0.488 e. The summed E-state index contributed by atoms with van der Waals surface area (Å²) in [6.07, 6.45) is 0. The molecular weight excluding hydrogens is 452 g/mol. The zero-order chi connectivity index (χ0) is 25.1. The van der Waals surface area contributed by atoms with Gasteiger partial charge in [0, 0.05) is 19.2 Å². The first-order valence-electron chi connectivity index (χ1n) is 13.3. The van der Waals surface area contributed by atoms with Crippen LogP contribution in [0.4, 0.5) is 5.69 Å². The predicted molar refractivity (Wildman–Crippen MR) is 146 cm³/mol. The van der Waals surface area contributed by atoms with Gasteiger partial charge in [-0.1, -0.05) is 26.0 Å². The SMILES string of the molecule is CCN(CC)CCNc1c2ccccc2[n+](C)c2c1oc1ccc(OCC[N+]3(C)CCOCC3)cc12. The number of para-hydroxylation sites is 1. The fraction of sp³-hybridized carbons (Fsp3) is 0.483. The van der Waals surface area contributed by atoms with Crippen molar-refractivity contribution in [2.45, 2.75) is 13.8 Å². The number of morpholine rings is 1. The Morgan fingerprint density at radius 1 is 1.06 bits per heavy atom. The molecule has 1 fully saturated rings. The van der Waals surface area contributed by atoms with Crippen LogP contribution in [0.3, 0.4) is 0 Å². The van der Waals surface area contributed by atoms with Crippen molar-refractivity contribution in [3.63, 3.8) is 0 Å². The fourth-order valence-corrected chi connectivity index (χ4v) is 5.32. The zero-order valence-corrected chi connectivity index (χ0v) is 22.2. The minimum Gasteiger partial charge on any atom is -0.488 e. The second kappa shape index (κ2) is 10.6. The molecule has 0 bridgehead atoms. The molecule has 0 aliphatic carbocycles. The van der Waals surface area contributed by atoms with E-state index >= 15 is 0 Å². The van der Waals surface area contributed by atoms with Crippen molar-refractivity contribution < 1.29 is 22.9 Å². The maximum Gasteiger partial charge on any atom is 0.261 e. The Labute approximate surface area is 213 Å². The molecule has 4 aromatic rings. The second-order valence-electron chi connectivity index (χ2n) is 10.1. The molecule has 192 valence electrons. The van der Waals surface area contributed by atoms with Gasteiger partial charge in [0.2, 0.25) is 11.1 Å². The van der Waals surface area contributed by atoms with E-state index in [4.69, 9.17) is 13.9 Å². The lowest BCUT2D eigenvalue weighted by Gasteiger charge is -2.37. The topological polar surface area (TPSA) is 50.8 Å². The standard InChI is InChI=1S/C29H39N4O3/c1-5-32(6-2)14-13-30-27-23-9-7-8-10-25(23)31(3)28-24-21-22(11-12-26(24)36-29(27)28)35-20-17-33(4)15-18-34-19-16-33/h7-12,21H,5-6,13-20H2,1-4H3/q+1/p+1. The van der Waals surface area contributed by atoms with Crippen LogP contribution in [-0.4, -0.2) is 82.1 Å². The van der Waals surface area contributed by atoms with Gasteiger partial charge in [0.25, 0.3) is 5.52 Å². The quantitative estimate of drug-likeness (QED) is 0.266. The highest BCUT2D eigenvalue weighted by Crippen LogP contribution is 2.37. The Morgan fingerprint density at radius 3 is 2.61 bits per heavy atom. The Balaban J connectivity index is 1.47. The normalized spacial score (nSPS) is 15.8. The van der Waals surface area contributed by atoms with Crippen molar-refractivity contribution in [2.75, 3.05) is 78.0 Å². The van der Waals surface area contributed by atoms with Gasteiger partial charge in [-0.2, -0.15) is 4.57 Å². The van der Waals surface area contributed by atoms with Crippen LogP contribution < -0.4 is 14.6 Å². The number of fused-ring (bicyclic) bond motifs is 4. The van der Waals surface area contributed by atoms with Crippen LogP contribution in [0.1, 0.15) is 13.8 Å². The summed E-state index contributed by atoms with van der Waals surface area (Å²) in [5, 5.41) is 5.96. The van der Waals surface area contributed by atoms with E-state index in [9.17, 15) is 0 Å². The molecule has 1 aliphatic rings. The third-order valence-corrected chi connectivity index (χ3v) is 7.81. The van der Waals surface area contributed by atoms with Crippen LogP contribution >= 0.6 is 0 Å². The highest BCUT2D eigenvalue weighted by Gasteiger charge is 2.26. The third kappa shape index (κ3) is 4.88.